The molecule has 0 saturated carbocycles. The summed E-state index contributed by atoms with van der Waals surface area (Å²) in [5.74, 6) is 6.41. The van der Waals surface area contributed by atoms with Gasteiger partial charge in [-0.3, -0.25) is 4.98 Å². The monoisotopic (exact) mass is 371 g/mol. The predicted octanol–water partition coefficient (Wildman–Crippen LogP) is 5.11. The van der Waals surface area contributed by atoms with Crippen molar-refractivity contribution in [2.45, 2.75) is 38.4 Å². The first-order valence-electron chi connectivity index (χ1n) is 10.0. The number of benzene rings is 2. The lowest BCUT2D eigenvalue weighted by molar-refractivity contribution is -0.161. The number of ether oxygens (including phenoxy) is 2. The van der Waals surface area contributed by atoms with Crippen molar-refractivity contribution in [1.82, 2.24) is 4.98 Å². The van der Waals surface area contributed by atoms with Crippen LogP contribution in [0.4, 0.5) is 0 Å². The summed E-state index contributed by atoms with van der Waals surface area (Å²) < 4.78 is 11.3. The molecule has 1 unspecified atom stereocenters. The van der Waals surface area contributed by atoms with Crippen LogP contribution in [-0.2, 0) is 15.9 Å². The molecule has 3 aromatic rings. The normalized spacial score (nSPS) is 16.5. The van der Waals surface area contributed by atoms with Crippen LogP contribution >= 0.6 is 0 Å². The van der Waals surface area contributed by atoms with Crippen LogP contribution in [0.15, 0.2) is 60.8 Å². The molecule has 28 heavy (non-hydrogen) atoms. The molecule has 1 saturated heterocycles. The van der Waals surface area contributed by atoms with Gasteiger partial charge in [0.05, 0.1) is 12.3 Å². The molecule has 142 valence electrons. The van der Waals surface area contributed by atoms with Gasteiger partial charge >= 0.3 is 0 Å². The maximum atomic E-state index is 5.71. The Kier molecular flexibility index (Phi) is 6.34. The van der Waals surface area contributed by atoms with E-state index >= 15 is 0 Å². The fourth-order valence-electron chi connectivity index (χ4n) is 3.47. The molecular formula is C25H25NO2. The number of rotatable bonds is 5. The van der Waals surface area contributed by atoms with Crippen molar-refractivity contribution in [3.63, 3.8) is 0 Å². The Labute approximate surface area is 166 Å². The first-order valence-corrected chi connectivity index (χ1v) is 10.0. The van der Waals surface area contributed by atoms with Crippen LogP contribution in [0.25, 0.3) is 10.8 Å². The maximum absolute atomic E-state index is 5.71. The molecule has 1 aliphatic rings. The van der Waals surface area contributed by atoms with Crippen LogP contribution in [0.2, 0.25) is 0 Å². The summed E-state index contributed by atoms with van der Waals surface area (Å²) in [6, 6.07) is 18.9. The van der Waals surface area contributed by atoms with Crippen LogP contribution in [0.5, 0.6) is 0 Å². The molecule has 1 atom stereocenters. The zero-order chi connectivity index (χ0) is 19.0. The maximum Gasteiger partial charge on any atom is 0.157 e. The Morgan fingerprint density at radius 3 is 2.79 bits per heavy atom. The van der Waals surface area contributed by atoms with Gasteiger partial charge in [0.15, 0.2) is 6.29 Å². The molecule has 1 aromatic heterocycles. The van der Waals surface area contributed by atoms with Crippen molar-refractivity contribution in [3.05, 3.63) is 77.6 Å². The van der Waals surface area contributed by atoms with Gasteiger partial charge in [0, 0.05) is 36.6 Å². The Balaban J connectivity index is 1.31. The van der Waals surface area contributed by atoms with E-state index in [0.29, 0.717) is 6.61 Å². The minimum Gasteiger partial charge on any atom is -0.353 e. The van der Waals surface area contributed by atoms with E-state index in [-0.39, 0.29) is 6.29 Å². The highest BCUT2D eigenvalue weighted by molar-refractivity contribution is 5.84. The summed E-state index contributed by atoms with van der Waals surface area (Å²) in [5, 5.41) is 2.45. The molecule has 4 rings (SSSR count). The zero-order valence-corrected chi connectivity index (χ0v) is 16.1. The van der Waals surface area contributed by atoms with Crippen LogP contribution in [-0.4, -0.2) is 24.5 Å². The third-order valence-corrected chi connectivity index (χ3v) is 4.98. The van der Waals surface area contributed by atoms with E-state index in [4.69, 9.17) is 9.47 Å². The highest BCUT2D eigenvalue weighted by Gasteiger charge is 2.12. The fraction of sp³-hybridized carbons (Fsp3) is 0.320. The SMILES string of the molecule is C(#Cc1ccc(Cc2nccc3ccccc23)cc1)CCOC1CCCCO1. The average molecular weight is 371 g/mol. The molecule has 3 heteroatoms. The lowest BCUT2D eigenvalue weighted by Gasteiger charge is -2.22. The molecular weight excluding hydrogens is 346 g/mol. The van der Waals surface area contributed by atoms with Gasteiger partial charge in [0.25, 0.3) is 0 Å². The van der Waals surface area contributed by atoms with E-state index in [1.165, 1.54) is 22.8 Å². The molecule has 1 aliphatic heterocycles. The summed E-state index contributed by atoms with van der Waals surface area (Å²) in [5.41, 5.74) is 3.38. The number of pyridine rings is 1. The minimum absolute atomic E-state index is 0.0301. The van der Waals surface area contributed by atoms with Gasteiger partial charge < -0.3 is 9.47 Å². The summed E-state index contributed by atoms with van der Waals surface area (Å²) in [4.78, 5) is 4.58. The standard InChI is InChI=1S/C25H25NO2/c1-2-9-23-22(8-1)15-16-26-24(23)19-21-13-11-20(12-14-21)7-3-5-17-27-25-10-4-6-18-28-25/h1-2,8-9,11-16,25H,4-6,10,17-19H2. The van der Waals surface area contributed by atoms with Crippen LogP contribution in [0, 0.1) is 11.8 Å². The first kappa shape index (κ1) is 18.7. The molecule has 0 radical (unpaired) electrons. The highest BCUT2D eigenvalue weighted by Crippen LogP contribution is 2.19. The van der Waals surface area contributed by atoms with Gasteiger partial charge in [-0.25, -0.2) is 0 Å². The lowest BCUT2D eigenvalue weighted by atomic mass is 10.0. The van der Waals surface area contributed by atoms with Crippen LogP contribution < -0.4 is 0 Å². The van der Waals surface area contributed by atoms with Crippen molar-refractivity contribution in [1.29, 1.82) is 0 Å². The van der Waals surface area contributed by atoms with E-state index in [1.807, 2.05) is 6.20 Å². The van der Waals surface area contributed by atoms with Crippen LogP contribution in [0.3, 0.4) is 0 Å². The number of fused-ring (bicyclic) bond motifs is 1. The highest BCUT2D eigenvalue weighted by atomic mass is 16.7. The Morgan fingerprint density at radius 2 is 1.93 bits per heavy atom. The van der Waals surface area contributed by atoms with Crippen molar-refractivity contribution >= 4 is 10.8 Å². The summed E-state index contributed by atoms with van der Waals surface area (Å²) in [6.07, 6.45) is 6.74. The zero-order valence-electron chi connectivity index (χ0n) is 16.1. The summed E-state index contributed by atoms with van der Waals surface area (Å²) in [6.45, 7) is 1.44. The molecule has 3 nitrogen and oxygen atoms in total. The smallest absolute Gasteiger partial charge is 0.157 e. The fourth-order valence-corrected chi connectivity index (χ4v) is 3.47. The summed E-state index contributed by atoms with van der Waals surface area (Å²) >= 11 is 0. The van der Waals surface area contributed by atoms with Gasteiger partial charge in [-0.2, -0.15) is 0 Å². The number of hydrogen-bond donors (Lipinski definition) is 0. The molecule has 0 N–H and O–H groups in total. The molecule has 0 spiro atoms. The number of aromatic nitrogens is 1. The molecule has 0 amide bonds. The molecule has 2 heterocycles. The van der Waals surface area contributed by atoms with Gasteiger partial charge in [-0.15, -0.1) is 0 Å². The van der Waals surface area contributed by atoms with Crippen molar-refractivity contribution in [2.75, 3.05) is 13.2 Å². The van der Waals surface area contributed by atoms with Crippen LogP contribution in [0.1, 0.15) is 42.5 Å². The largest absolute Gasteiger partial charge is 0.353 e. The first-order chi connectivity index (χ1) is 13.9. The second-order valence-corrected chi connectivity index (χ2v) is 7.07. The third-order valence-electron chi connectivity index (χ3n) is 4.98. The minimum atomic E-state index is -0.0301. The van der Waals surface area contributed by atoms with E-state index in [9.17, 15) is 0 Å². The topological polar surface area (TPSA) is 31.4 Å². The van der Waals surface area contributed by atoms with Gasteiger partial charge in [-0.05, 0) is 48.4 Å². The third kappa shape index (κ3) is 4.98. The van der Waals surface area contributed by atoms with Gasteiger partial charge in [0.2, 0.25) is 0 Å². The second-order valence-electron chi connectivity index (χ2n) is 7.07. The van der Waals surface area contributed by atoms with E-state index in [2.05, 4.69) is 71.4 Å². The van der Waals surface area contributed by atoms with Crippen molar-refractivity contribution in [2.24, 2.45) is 0 Å². The quantitative estimate of drug-likeness (QED) is 0.461. The molecule has 0 bridgehead atoms. The molecule has 0 aliphatic carbocycles. The Bertz CT molecular complexity index is 958. The van der Waals surface area contributed by atoms with E-state index < -0.39 is 0 Å². The Hall–Kier alpha value is -2.67. The van der Waals surface area contributed by atoms with Crippen molar-refractivity contribution < 1.29 is 9.47 Å². The molecule has 1 fully saturated rings. The van der Waals surface area contributed by atoms with E-state index in [1.54, 1.807) is 0 Å². The second kappa shape index (κ2) is 9.50. The van der Waals surface area contributed by atoms with E-state index in [0.717, 1.165) is 43.5 Å². The molecule has 2 aromatic carbocycles. The van der Waals surface area contributed by atoms with Crippen molar-refractivity contribution in [3.8, 4) is 11.8 Å². The lowest BCUT2D eigenvalue weighted by Crippen LogP contribution is -2.22. The van der Waals surface area contributed by atoms with Gasteiger partial charge in [-0.1, -0.05) is 48.2 Å². The average Bonchev–Trinajstić information content (AvgIpc) is 2.76. The predicted molar refractivity (Wildman–Crippen MR) is 112 cm³/mol. The summed E-state index contributed by atoms with van der Waals surface area (Å²) in [7, 11) is 0. The Morgan fingerprint density at radius 1 is 1.04 bits per heavy atom. The van der Waals surface area contributed by atoms with Gasteiger partial charge in [0.1, 0.15) is 0 Å². The number of nitrogens with zero attached hydrogens (tertiary/aromatic N) is 1. The number of hydrogen-bond acceptors (Lipinski definition) is 3.